The van der Waals surface area contributed by atoms with Gasteiger partial charge in [0.15, 0.2) is 0 Å². The summed E-state index contributed by atoms with van der Waals surface area (Å²) in [7, 11) is 0. The molecule has 3 rings (SSSR count). The largest absolute Gasteiger partial charge is 0.507 e. The maximum absolute atomic E-state index is 12.4. The number of carbonyl (C=O) groups excluding carboxylic acids is 1. The molecule has 3 heteroatoms. The second kappa shape index (κ2) is 5.67. The number of nitrogens with one attached hydrogen (secondary N) is 1. The first kappa shape index (κ1) is 13.2. The van der Waals surface area contributed by atoms with Crippen molar-refractivity contribution < 1.29 is 9.90 Å². The van der Waals surface area contributed by atoms with Crippen molar-refractivity contribution in [3.63, 3.8) is 0 Å². The van der Waals surface area contributed by atoms with Gasteiger partial charge in [-0.1, -0.05) is 54.6 Å². The van der Waals surface area contributed by atoms with Crippen LogP contribution in [0, 0.1) is 0 Å². The van der Waals surface area contributed by atoms with Crippen molar-refractivity contribution in [1.82, 2.24) is 5.32 Å². The van der Waals surface area contributed by atoms with E-state index in [-0.39, 0.29) is 11.7 Å². The molecule has 0 aliphatic carbocycles. The molecule has 3 aromatic carbocycles. The Balaban J connectivity index is 1.88. The van der Waals surface area contributed by atoms with Gasteiger partial charge in [-0.2, -0.15) is 0 Å². The molecule has 3 aromatic rings. The van der Waals surface area contributed by atoms with E-state index < -0.39 is 0 Å². The van der Waals surface area contributed by atoms with Gasteiger partial charge >= 0.3 is 0 Å². The molecule has 0 aliphatic rings. The Morgan fingerprint density at radius 2 is 1.62 bits per heavy atom. The number of phenolic OH excluding ortho intramolecular Hbond substituents is 1. The Bertz CT molecular complexity index is 776. The highest BCUT2D eigenvalue weighted by molar-refractivity contribution is 6.09. The molecule has 0 saturated heterocycles. The lowest BCUT2D eigenvalue weighted by Crippen LogP contribution is -2.22. The highest BCUT2D eigenvalue weighted by atomic mass is 16.3. The van der Waals surface area contributed by atoms with Gasteiger partial charge in [0.2, 0.25) is 0 Å². The highest BCUT2D eigenvalue weighted by Gasteiger charge is 2.12. The predicted octanol–water partition coefficient (Wildman–Crippen LogP) is 3.48. The minimum atomic E-state index is -0.189. The number of phenols is 1. The molecule has 104 valence electrons. The summed E-state index contributed by atoms with van der Waals surface area (Å²) >= 11 is 0. The summed E-state index contributed by atoms with van der Waals surface area (Å²) in [5.41, 5.74) is 1.52. The molecule has 1 amide bonds. The monoisotopic (exact) mass is 277 g/mol. The second-order valence-corrected chi connectivity index (χ2v) is 4.85. The van der Waals surface area contributed by atoms with Crippen LogP contribution >= 0.6 is 0 Å². The van der Waals surface area contributed by atoms with Crippen LogP contribution in [-0.4, -0.2) is 11.0 Å². The van der Waals surface area contributed by atoms with Crippen LogP contribution in [0.1, 0.15) is 15.9 Å². The van der Waals surface area contributed by atoms with Crippen LogP contribution in [0.4, 0.5) is 0 Å². The quantitative estimate of drug-likeness (QED) is 0.770. The van der Waals surface area contributed by atoms with E-state index in [4.69, 9.17) is 0 Å². The molecule has 21 heavy (non-hydrogen) atoms. The molecule has 0 fully saturated rings. The van der Waals surface area contributed by atoms with Crippen molar-refractivity contribution >= 4 is 16.7 Å². The Hall–Kier alpha value is -2.81. The van der Waals surface area contributed by atoms with Crippen molar-refractivity contribution in [2.45, 2.75) is 6.54 Å². The summed E-state index contributed by atoms with van der Waals surface area (Å²) in [5.74, 6) is -0.0658. The summed E-state index contributed by atoms with van der Waals surface area (Å²) < 4.78 is 0. The molecular weight excluding hydrogens is 262 g/mol. The van der Waals surface area contributed by atoms with Gasteiger partial charge in [0.25, 0.3) is 5.91 Å². The third-order valence-corrected chi connectivity index (χ3v) is 3.42. The van der Waals surface area contributed by atoms with Crippen molar-refractivity contribution in [3.05, 3.63) is 77.9 Å². The molecule has 0 aromatic heterocycles. The topological polar surface area (TPSA) is 49.3 Å². The van der Waals surface area contributed by atoms with E-state index in [2.05, 4.69) is 5.32 Å². The minimum absolute atomic E-state index is 0.123. The van der Waals surface area contributed by atoms with Crippen molar-refractivity contribution in [2.75, 3.05) is 0 Å². The maximum Gasteiger partial charge on any atom is 0.252 e. The molecular formula is C18H15NO2. The number of amides is 1. The molecule has 3 nitrogen and oxygen atoms in total. The average Bonchev–Trinajstić information content (AvgIpc) is 2.53. The first-order valence-corrected chi connectivity index (χ1v) is 6.78. The van der Waals surface area contributed by atoms with E-state index in [1.165, 1.54) is 0 Å². The zero-order chi connectivity index (χ0) is 14.7. The molecule has 2 N–H and O–H groups in total. The zero-order valence-electron chi connectivity index (χ0n) is 11.4. The molecule has 0 aliphatic heterocycles. The molecule has 0 bridgehead atoms. The van der Waals surface area contributed by atoms with Gasteiger partial charge in [-0.25, -0.2) is 0 Å². The summed E-state index contributed by atoms with van der Waals surface area (Å²) in [5, 5.41) is 14.3. The fourth-order valence-corrected chi connectivity index (χ4v) is 2.38. The third-order valence-electron chi connectivity index (χ3n) is 3.42. The maximum atomic E-state index is 12.4. The number of aromatic hydroxyl groups is 1. The Kier molecular flexibility index (Phi) is 3.56. The van der Waals surface area contributed by atoms with Crippen LogP contribution in [0.2, 0.25) is 0 Å². The summed E-state index contributed by atoms with van der Waals surface area (Å²) in [4.78, 5) is 12.4. The number of hydrogen-bond donors (Lipinski definition) is 2. The smallest absolute Gasteiger partial charge is 0.252 e. The number of hydrogen-bond acceptors (Lipinski definition) is 2. The lowest BCUT2D eigenvalue weighted by atomic mass is 10.0. The van der Waals surface area contributed by atoms with Gasteiger partial charge < -0.3 is 10.4 Å². The average molecular weight is 277 g/mol. The first-order chi connectivity index (χ1) is 10.3. The SMILES string of the molecule is O=C(NCc1ccccc1)c1cccc2cccc(O)c12. The predicted molar refractivity (Wildman–Crippen MR) is 83.2 cm³/mol. The van der Waals surface area contributed by atoms with Crippen LogP contribution in [0.15, 0.2) is 66.7 Å². The summed E-state index contributed by atoms with van der Waals surface area (Å²) in [6.45, 7) is 0.462. The van der Waals surface area contributed by atoms with Gasteiger partial charge in [-0.3, -0.25) is 4.79 Å². The lowest BCUT2D eigenvalue weighted by Gasteiger charge is -2.09. The third kappa shape index (κ3) is 2.72. The van der Waals surface area contributed by atoms with Gasteiger partial charge in [0, 0.05) is 11.9 Å². The zero-order valence-corrected chi connectivity index (χ0v) is 11.4. The molecule has 0 unspecified atom stereocenters. The Morgan fingerprint density at radius 3 is 2.38 bits per heavy atom. The van der Waals surface area contributed by atoms with E-state index >= 15 is 0 Å². The van der Waals surface area contributed by atoms with Crippen LogP contribution < -0.4 is 5.32 Å². The van der Waals surface area contributed by atoms with Crippen molar-refractivity contribution in [1.29, 1.82) is 0 Å². The van der Waals surface area contributed by atoms with Crippen molar-refractivity contribution in [2.24, 2.45) is 0 Å². The van der Waals surface area contributed by atoms with E-state index in [1.807, 2.05) is 48.5 Å². The Labute approximate surface area is 122 Å². The number of benzene rings is 3. The molecule has 0 saturated carbocycles. The van der Waals surface area contributed by atoms with E-state index in [1.54, 1.807) is 18.2 Å². The standard InChI is InChI=1S/C18H15NO2/c20-16-11-5-9-14-8-4-10-15(17(14)16)18(21)19-12-13-6-2-1-3-7-13/h1-11,20H,12H2,(H,19,21). The highest BCUT2D eigenvalue weighted by Crippen LogP contribution is 2.27. The number of carbonyl (C=O) groups is 1. The van der Waals surface area contributed by atoms with Crippen LogP contribution in [0.5, 0.6) is 5.75 Å². The molecule has 0 atom stereocenters. The van der Waals surface area contributed by atoms with E-state index in [0.717, 1.165) is 10.9 Å². The van der Waals surface area contributed by atoms with Crippen LogP contribution in [-0.2, 0) is 6.54 Å². The molecule has 0 spiro atoms. The van der Waals surface area contributed by atoms with E-state index in [9.17, 15) is 9.90 Å². The van der Waals surface area contributed by atoms with E-state index in [0.29, 0.717) is 17.5 Å². The second-order valence-electron chi connectivity index (χ2n) is 4.85. The Morgan fingerprint density at radius 1 is 0.905 bits per heavy atom. The first-order valence-electron chi connectivity index (χ1n) is 6.78. The lowest BCUT2D eigenvalue weighted by molar-refractivity contribution is 0.0952. The van der Waals surface area contributed by atoms with Gasteiger partial charge in [0.05, 0.1) is 5.56 Å². The molecule has 0 heterocycles. The molecule has 0 radical (unpaired) electrons. The van der Waals surface area contributed by atoms with Gasteiger partial charge in [-0.05, 0) is 23.1 Å². The fourth-order valence-electron chi connectivity index (χ4n) is 2.38. The summed E-state index contributed by atoms with van der Waals surface area (Å²) in [6.07, 6.45) is 0. The number of fused-ring (bicyclic) bond motifs is 1. The van der Waals surface area contributed by atoms with Gasteiger partial charge in [-0.15, -0.1) is 0 Å². The van der Waals surface area contributed by atoms with Crippen LogP contribution in [0.3, 0.4) is 0 Å². The number of rotatable bonds is 3. The van der Waals surface area contributed by atoms with Crippen molar-refractivity contribution in [3.8, 4) is 5.75 Å². The van der Waals surface area contributed by atoms with Crippen LogP contribution in [0.25, 0.3) is 10.8 Å². The normalized spacial score (nSPS) is 10.5. The fraction of sp³-hybridized carbons (Fsp3) is 0.0556. The van der Waals surface area contributed by atoms with Gasteiger partial charge in [0.1, 0.15) is 5.75 Å². The summed E-state index contributed by atoms with van der Waals surface area (Å²) in [6, 6.07) is 20.4. The minimum Gasteiger partial charge on any atom is -0.507 e.